The van der Waals surface area contributed by atoms with Crippen molar-refractivity contribution in [3.63, 3.8) is 0 Å². The van der Waals surface area contributed by atoms with Gasteiger partial charge in [0.1, 0.15) is 11.6 Å². The van der Waals surface area contributed by atoms with Crippen LogP contribution in [0.2, 0.25) is 5.02 Å². The van der Waals surface area contributed by atoms with Gasteiger partial charge >= 0.3 is 0 Å². The minimum absolute atomic E-state index is 0.715. The van der Waals surface area contributed by atoms with Crippen LogP contribution in [-0.4, -0.2) is 47.6 Å². The van der Waals surface area contributed by atoms with Gasteiger partial charge < -0.3 is 15.1 Å². The number of hydrogen-bond donors (Lipinski definition) is 1. The fraction of sp³-hybridized carbons (Fsp3) is 0.273. The van der Waals surface area contributed by atoms with Gasteiger partial charge in [-0.1, -0.05) is 48.9 Å². The van der Waals surface area contributed by atoms with Crippen molar-refractivity contribution in [3.8, 4) is 11.4 Å². The largest absolute Gasteiger partial charge is 0.354 e. The van der Waals surface area contributed by atoms with Crippen molar-refractivity contribution >= 4 is 28.9 Å². The fourth-order valence-corrected chi connectivity index (χ4v) is 3.48. The van der Waals surface area contributed by atoms with Crippen LogP contribution in [0, 0.1) is 0 Å². The lowest BCUT2D eigenvalue weighted by Gasteiger charge is -2.35. The predicted molar refractivity (Wildman–Crippen MR) is 117 cm³/mol. The molecule has 1 saturated heterocycles. The Balaban J connectivity index is 1.66. The highest BCUT2D eigenvalue weighted by molar-refractivity contribution is 6.30. The lowest BCUT2D eigenvalue weighted by Crippen LogP contribution is -2.46. The minimum Gasteiger partial charge on any atom is -0.354 e. The maximum Gasteiger partial charge on any atom is 0.163 e. The molecule has 28 heavy (non-hydrogen) atoms. The third kappa shape index (κ3) is 4.43. The molecule has 0 unspecified atom stereocenters. The summed E-state index contributed by atoms with van der Waals surface area (Å²) >= 11 is 6.01. The highest BCUT2D eigenvalue weighted by atomic mass is 35.5. The molecule has 0 radical (unpaired) electrons. The SMILES string of the molecule is CCN1CCN(c2cc(Nc3ccc(Cl)cc3)nc(-c3ccccc3)n2)CC1. The summed E-state index contributed by atoms with van der Waals surface area (Å²) in [6.45, 7) is 7.36. The van der Waals surface area contributed by atoms with Gasteiger partial charge in [-0.15, -0.1) is 0 Å². The molecule has 4 rings (SSSR count). The van der Waals surface area contributed by atoms with Crippen LogP contribution in [0.25, 0.3) is 11.4 Å². The quantitative estimate of drug-likeness (QED) is 0.681. The van der Waals surface area contributed by atoms with Gasteiger partial charge in [0, 0.05) is 48.5 Å². The maximum absolute atomic E-state index is 6.01. The molecular formula is C22H24ClN5. The van der Waals surface area contributed by atoms with Gasteiger partial charge in [0.2, 0.25) is 0 Å². The Morgan fingerprint density at radius 2 is 1.64 bits per heavy atom. The molecule has 2 heterocycles. The second-order valence-electron chi connectivity index (χ2n) is 6.85. The number of hydrogen-bond acceptors (Lipinski definition) is 5. The van der Waals surface area contributed by atoms with Gasteiger partial charge in [0.25, 0.3) is 0 Å². The van der Waals surface area contributed by atoms with Crippen LogP contribution in [0.4, 0.5) is 17.3 Å². The zero-order valence-corrected chi connectivity index (χ0v) is 16.7. The monoisotopic (exact) mass is 393 g/mol. The van der Waals surface area contributed by atoms with Crippen LogP contribution in [0.15, 0.2) is 60.7 Å². The topological polar surface area (TPSA) is 44.3 Å². The molecule has 1 N–H and O–H groups in total. The first kappa shape index (κ1) is 18.7. The Labute approximate surface area is 171 Å². The smallest absolute Gasteiger partial charge is 0.163 e. The van der Waals surface area contributed by atoms with E-state index in [9.17, 15) is 0 Å². The molecule has 0 saturated carbocycles. The summed E-state index contributed by atoms with van der Waals surface area (Å²) in [6.07, 6.45) is 0. The molecule has 6 heteroatoms. The van der Waals surface area contributed by atoms with Crippen LogP contribution >= 0.6 is 11.6 Å². The molecule has 1 aliphatic heterocycles. The lowest BCUT2D eigenvalue weighted by molar-refractivity contribution is 0.270. The zero-order chi connectivity index (χ0) is 19.3. The van der Waals surface area contributed by atoms with E-state index in [4.69, 9.17) is 21.6 Å². The van der Waals surface area contributed by atoms with Gasteiger partial charge in [-0.2, -0.15) is 0 Å². The van der Waals surface area contributed by atoms with E-state index in [2.05, 4.69) is 22.0 Å². The molecule has 1 aromatic heterocycles. The number of benzene rings is 2. The van der Waals surface area contributed by atoms with Gasteiger partial charge in [-0.3, -0.25) is 0 Å². The number of likely N-dealkylation sites (N-methyl/N-ethyl adjacent to an activating group) is 1. The van der Waals surface area contributed by atoms with E-state index >= 15 is 0 Å². The van der Waals surface area contributed by atoms with Crippen LogP contribution in [0.5, 0.6) is 0 Å². The standard InChI is InChI=1S/C22H24ClN5/c1-2-27-12-14-28(15-13-27)21-16-20(24-19-10-8-18(23)9-11-19)25-22(26-21)17-6-4-3-5-7-17/h3-11,16H,2,12-15H2,1H3,(H,24,25,26). The second kappa shape index (κ2) is 8.59. The van der Waals surface area contributed by atoms with Crippen LogP contribution in [0.1, 0.15) is 6.92 Å². The molecule has 3 aromatic rings. The van der Waals surface area contributed by atoms with Crippen molar-refractivity contribution in [1.82, 2.24) is 14.9 Å². The van der Waals surface area contributed by atoms with Crippen molar-refractivity contribution in [2.75, 3.05) is 42.9 Å². The Bertz CT molecular complexity index is 906. The van der Waals surface area contributed by atoms with Crippen molar-refractivity contribution in [1.29, 1.82) is 0 Å². The summed E-state index contributed by atoms with van der Waals surface area (Å²) in [5.41, 5.74) is 1.96. The molecule has 0 bridgehead atoms. The van der Waals surface area contributed by atoms with Gasteiger partial charge in [0.05, 0.1) is 0 Å². The highest BCUT2D eigenvalue weighted by Gasteiger charge is 2.18. The summed E-state index contributed by atoms with van der Waals surface area (Å²) in [5.74, 6) is 2.47. The number of aromatic nitrogens is 2. The van der Waals surface area contributed by atoms with E-state index in [1.165, 1.54) is 0 Å². The number of nitrogens with zero attached hydrogens (tertiary/aromatic N) is 4. The third-order valence-electron chi connectivity index (χ3n) is 5.00. The Kier molecular flexibility index (Phi) is 5.74. The molecule has 5 nitrogen and oxygen atoms in total. The molecule has 1 fully saturated rings. The first-order chi connectivity index (χ1) is 13.7. The molecular weight excluding hydrogens is 370 g/mol. The van der Waals surface area contributed by atoms with Gasteiger partial charge in [0.15, 0.2) is 5.82 Å². The van der Waals surface area contributed by atoms with Crippen molar-refractivity contribution in [2.45, 2.75) is 6.92 Å². The van der Waals surface area contributed by atoms with Crippen molar-refractivity contribution in [3.05, 3.63) is 65.7 Å². The van der Waals surface area contributed by atoms with Crippen LogP contribution < -0.4 is 10.2 Å². The average Bonchev–Trinajstić information content (AvgIpc) is 2.76. The van der Waals surface area contributed by atoms with Crippen LogP contribution in [0.3, 0.4) is 0 Å². The van der Waals surface area contributed by atoms with Crippen molar-refractivity contribution < 1.29 is 0 Å². The number of nitrogens with one attached hydrogen (secondary N) is 1. The van der Waals surface area contributed by atoms with E-state index in [1.54, 1.807) is 0 Å². The second-order valence-corrected chi connectivity index (χ2v) is 7.29. The van der Waals surface area contributed by atoms with E-state index < -0.39 is 0 Å². The first-order valence-electron chi connectivity index (χ1n) is 9.65. The van der Waals surface area contributed by atoms with Gasteiger partial charge in [-0.25, -0.2) is 9.97 Å². The lowest BCUT2D eigenvalue weighted by atomic mass is 10.2. The third-order valence-corrected chi connectivity index (χ3v) is 5.26. The predicted octanol–water partition coefficient (Wildman–Crippen LogP) is 4.68. The molecule has 2 aromatic carbocycles. The molecule has 0 aliphatic carbocycles. The summed E-state index contributed by atoms with van der Waals surface area (Å²) in [5, 5.41) is 4.11. The molecule has 0 amide bonds. The number of anilines is 3. The van der Waals surface area contributed by atoms with E-state index in [0.29, 0.717) is 5.02 Å². The maximum atomic E-state index is 6.01. The fourth-order valence-electron chi connectivity index (χ4n) is 3.35. The normalized spacial score (nSPS) is 14.9. The number of piperazine rings is 1. The molecule has 0 atom stereocenters. The summed E-state index contributed by atoms with van der Waals surface area (Å²) in [6, 6.07) is 19.8. The minimum atomic E-state index is 0.715. The van der Waals surface area contributed by atoms with Gasteiger partial charge in [-0.05, 0) is 30.8 Å². The highest BCUT2D eigenvalue weighted by Crippen LogP contribution is 2.26. The first-order valence-corrected chi connectivity index (χ1v) is 10.0. The molecule has 0 spiro atoms. The number of halogens is 1. The summed E-state index contributed by atoms with van der Waals surface area (Å²) < 4.78 is 0. The Morgan fingerprint density at radius 1 is 0.929 bits per heavy atom. The van der Waals surface area contributed by atoms with Crippen molar-refractivity contribution in [2.24, 2.45) is 0 Å². The summed E-state index contributed by atoms with van der Waals surface area (Å²) in [4.78, 5) is 14.4. The Morgan fingerprint density at radius 3 is 2.32 bits per heavy atom. The molecule has 1 aliphatic rings. The number of rotatable bonds is 5. The van der Waals surface area contributed by atoms with E-state index in [-0.39, 0.29) is 0 Å². The van der Waals surface area contributed by atoms with E-state index in [0.717, 1.165) is 61.4 Å². The average molecular weight is 394 g/mol. The van der Waals surface area contributed by atoms with Crippen LogP contribution in [-0.2, 0) is 0 Å². The Hall–Kier alpha value is -2.63. The van der Waals surface area contributed by atoms with E-state index in [1.807, 2.05) is 60.7 Å². The summed E-state index contributed by atoms with van der Waals surface area (Å²) in [7, 11) is 0. The molecule has 144 valence electrons. The zero-order valence-electron chi connectivity index (χ0n) is 16.0.